The minimum absolute atomic E-state index is 0.0537. The molecule has 3 nitrogen and oxygen atoms in total. The number of hydrogen-bond acceptors (Lipinski definition) is 2. The SMILES string of the molecule is COc1ccc2c(c1)CCC2CCNC(C)=O. The zero-order chi connectivity index (χ0) is 12.3. The van der Waals surface area contributed by atoms with Crippen LogP contribution in [0.2, 0.25) is 0 Å². The van der Waals surface area contributed by atoms with Crippen molar-refractivity contribution in [1.29, 1.82) is 0 Å². The number of methoxy groups -OCH3 is 1. The molecule has 0 aliphatic heterocycles. The van der Waals surface area contributed by atoms with E-state index in [1.54, 1.807) is 14.0 Å². The van der Waals surface area contributed by atoms with Crippen molar-refractivity contribution in [2.75, 3.05) is 13.7 Å². The molecule has 0 fully saturated rings. The molecule has 0 radical (unpaired) electrons. The van der Waals surface area contributed by atoms with Gasteiger partial charge in [0.25, 0.3) is 0 Å². The zero-order valence-electron chi connectivity index (χ0n) is 10.5. The number of amides is 1. The minimum Gasteiger partial charge on any atom is -0.497 e. The fraction of sp³-hybridized carbons (Fsp3) is 0.500. The van der Waals surface area contributed by atoms with Crippen molar-refractivity contribution in [3.8, 4) is 5.75 Å². The van der Waals surface area contributed by atoms with Crippen LogP contribution in [0.4, 0.5) is 0 Å². The lowest BCUT2D eigenvalue weighted by molar-refractivity contribution is -0.118. The van der Waals surface area contributed by atoms with Gasteiger partial charge in [0.2, 0.25) is 5.91 Å². The number of ether oxygens (including phenoxy) is 1. The second kappa shape index (κ2) is 5.21. The van der Waals surface area contributed by atoms with Crippen LogP contribution in [-0.4, -0.2) is 19.6 Å². The van der Waals surface area contributed by atoms with Crippen LogP contribution in [0.5, 0.6) is 5.75 Å². The Morgan fingerprint density at radius 3 is 3.06 bits per heavy atom. The Kier molecular flexibility index (Phi) is 3.67. The maximum absolute atomic E-state index is 10.8. The van der Waals surface area contributed by atoms with Gasteiger partial charge in [-0.2, -0.15) is 0 Å². The lowest BCUT2D eigenvalue weighted by Crippen LogP contribution is -2.22. The Labute approximate surface area is 102 Å². The summed E-state index contributed by atoms with van der Waals surface area (Å²) in [5.41, 5.74) is 2.83. The summed E-state index contributed by atoms with van der Waals surface area (Å²) in [5.74, 6) is 1.58. The quantitative estimate of drug-likeness (QED) is 0.866. The molecule has 0 spiro atoms. The normalized spacial score (nSPS) is 17.6. The van der Waals surface area contributed by atoms with Gasteiger partial charge in [0.15, 0.2) is 0 Å². The van der Waals surface area contributed by atoms with Crippen molar-refractivity contribution in [3.05, 3.63) is 29.3 Å². The molecular weight excluding hydrogens is 214 g/mol. The first kappa shape index (κ1) is 12.0. The summed E-state index contributed by atoms with van der Waals surface area (Å²) in [6.07, 6.45) is 3.33. The monoisotopic (exact) mass is 233 g/mol. The fourth-order valence-electron chi connectivity index (χ4n) is 2.53. The van der Waals surface area contributed by atoms with Gasteiger partial charge >= 0.3 is 0 Å². The van der Waals surface area contributed by atoms with Crippen molar-refractivity contribution in [1.82, 2.24) is 5.32 Å². The molecule has 1 aliphatic rings. The third-order valence-electron chi connectivity index (χ3n) is 3.42. The van der Waals surface area contributed by atoms with Crippen molar-refractivity contribution >= 4 is 5.91 Å². The summed E-state index contributed by atoms with van der Waals surface area (Å²) >= 11 is 0. The molecule has 1 aliphatic carbocycles. The molecule has 0 bridgehead atoms. The average molecular weight is 233 g/mol. The summed E-state index contributed by atoms with van der Waals surface area (Å²) in [6.45, 7) is 2.33. The number of hydrogen-bond donors (Lipinski definition) is 1. The highest BCUT2D eigenvalue weighted by atomic mass is 16.5. The van der Waals surface area contributed by atoms with E-state index in [-0.39, 0.29) is 5.91 Å². The number of nitrogens with one attached hydrogen (secondary N) is 1. The maximum atomic E-state index is 10.8. The number of fused-ring (bicyclic) bond motifs is 1. The van der Waals surface area contributed by atoms with Gasteiger partial charge in [0, 0.05) is 13.5 Å². The Morgan fingerprint density at radius 1 is 1.53 bits per heavy atom. The van der Waals surface area contributed by atoms with Gasteiger partial charge < -0.3 is 10.1 Å². The lowest BCUT2D eigenvalue weighted by atomic mass is 9.98. The molecule has 17 heavy (non-hydrogen) atoms. The van der Waals surface area contributed by atoms with Crippen LogP contribution >= 0.6 is 0 Å². The third kappa shape index (κ3) is 2.78. The van der Waals surface area contributed by atoms with E-state index in [2.05, 4.69) is 17.4 Å². The summed E-state index contributed by atoms with van der Waals surface area (Å²) in [5, 5.41) is 2.86. The van der Waals surface area contributed by atoms with Crippen molar-refractivity contribution < 1.29 is 9.53 Å². The second-order valence-electron chi connectivity index (χ2n) is 4.57. The Bertz CT molecular complexity index is 415. The minimum atomic E-state index is 0.0537. The van der Waals surface area contributed by atoms with Crippen LogP contribution in [0, 0.1) is 0 Å². The molecule has 1 aromatic carbocycles. The highest BCUT2D eigenvalue weighted by Crippen LogP contribution is 2.36. The first-order chi connectivity index (χ1) is 8.20. The van der Waals surface area contributed by atoms with Crippen LogP contribution < -0.4 is 10.1 Å². The molecule has 1 atom stereocenters. The van der Waals surface area contributed by atoms with Gasteiger partial charge in [-0.15, -0.1) is 0 Å². The molecule has 1 aromatic rings. The summed E-state index contributed by atoms with van der Waals surface area (Å²) < 4.78 is 5.23. The molecule has 1 N–H and O–H groups in total. The number of carbonyl (C=O) groups is 1. The van der Waals surface area contributed by atoms with Crippen molar-refractivity contribution in [2.24, 2.45) is 0 Å². The number of aryl methyl sites for hydroxylation is 1. The standard InChI is InChI=1S/C14H19NO2/c1-10(16)15-8-7-11-3-4-12-9-13(17-2)5-6-14(11)12/h5-6,9,11H,3-4,7-8H2,1-2H3,(H,15,16). The largest absolute Gasteiger partial charge is 0.497 e. The van der Waals surface area contributed by atoms with E-state index in [1.165, 1.54) is 17.5 Å². The van der Waals surface area contributed by atoms with E-state index >= 15 is 0 Å². The topological polar surface area (TPSA) is 38.3 Å². The average Bonchev–Trinajstić information content (AvgIpc) is 2.71. The van der Waals surface area contributed by atoms with Gasteiger partial charge in [-0.1, -0.05) is 6.07 Å². The molecule has 3 heteroatoms. The number of benzene rings is 1. The second-order valence-corrected chi connectivity index (χ2v) is 4.57. The van der Waals surface area contributed by atoms with Crippen molar-refractivity contribution in [3.63, 3.8) is 0 Å². The molecule has 0 aromatic heterocycles. The molecular formula is C14H19NO2. The molecule has 0 heterocycles. The first-order valence-corrected chi connectivity index (χ1v) is 6.12. The third-order valence-corrected chi connectivity index (χ3v) is 3.42. The number of carbonyl (C=O) groups excluding carboxylic acids is 1. The lowest BCUT2D eigenvalue weighted by Gasteiger charge is -2.12. The van der Waals surface area contributed by atoms with Gasteiger partial charge in [-0.05, 0) is 48.4 Å². The predicted molar refractivity (Wildman–Crippen MR) is 67.4 cm³/mol. The van der Waals surface area contributed by atoms with Gasteiger partial charge in [0.1, 0.15) is 5.75 Å². The Hall–Kier alpha value is -1.51. The zero-order valence-corrected chi connectivity index (χ0v) is 10.5. The van der Waals surface area contributed by atoms with E-state index in [4.69, 9.17) is 4.74 Å². The van der Waals surface area contributed by atoms with E-state index in [0.717, 1.165) is 25.1 Å². The van der Waals surface area contributed by atoms with Crippen LogP contribution in [0.15, 0.2) is 18.2 Å². The van der Waals surface area contributed by atoms with Gasteiger partial charge in [-0.25, -0.2) is 0 Å². The summed E-state index contributed by atoms with van der Waals surface area (Å²) in [6, 6.07) is 6.32. The van der Waals surface area contributed by atoms with Crippen LogP contribution in [0.25, 0.3) is 0 Å². The van der Waals surface area contributed by atoms with E-state index < -0.39 is 0 Å². The molecule has 2 rings (SSSR count). The van der Waals surface area contributed by atoms with Gasteiger partial charge in [0.05, 0.1) is 7.11 Å². The maximum Gasteiger partial charge on any atom is 0.216 e. The number of rotatable bonds is 4. The highest BCUT2D eigenvalue weighted by Gasteiger charge is 2.22. The molecule has 0 saturated carbocycles. The smallest absolute Gasteiger partial charge is 0.216 e. The molecule has 92 valence electrons. The summed E-state index contributed by atoms with van der Waals surface area (Å²) in [4.78, 5) is 10.8. The Morgan fingerprint density at radius 2 is 2.35 bits per heavy atom. The van der Waals surface area contributed by atoms with Crippen LogP contribution in [0.3, 0.4) is 0 Å². The van der Waals surface area contributed by atoms with E-state index in [0.29, 0.717) is 5.92 Å². The fourth-order valence-corrected chi connectivity index (χ4v) is 2.53. The molecule has 1 amide bonds. The highest BCUT2D eigenvalue weighted by molar-refractivity contribution is 5.72. The predicted octanol–water partition coefficient (Wildman–Crippen LogP) is 2.25. The van der Waals surface area contributed by atoms with Gasteiger partial charge in [-0.3, -0.25) is 4.79 Å². The molecule has 0 saturated heterocycles. The van der Waals surface area contributed by atoms with Crippen molar-refractivity contribution in [2.45, 2.75) is 32.1 Å². The summed E-state index contributed by atoms with van der Waals surface area (Å²) in [7, 11) is 1.70. The van der Waals surface area contributed by atoms with E-state index in [9.17, 15) is 4.79 Å². The molecule has 1 unspecified atom stereocenters. The Balaban J connectivity index is 1.99. The van der Waals surface area contributed by atoms with Crippen LogP contribution in [-0.2, 0) is 11.2 Å². The van der Waals surface area contributed by atoms with Crippen LogP contribution in [0.1, 0.15) is 36.8 Å². The van der Waals surface area contributed by atoms with E-state index in [1.807, 2.05) is 6.07 Å². The first-order valence-electron chi connectivity index (χ1n) is 6.12.